The molecule has 2 aromatic heterocycles. The zero-order valence-electron chi connectivity index (χ0n) is 31.2. The van der Waals surface area contributed by atoms with Crippen molar-refractivity contribution < 1.29 is 0 Å². The quantitative estimate of drug-likeness (QED) is 0.167. The first-order valence-electron chi connectivity index (χ1n) is 19.6. The van der Waals surface area contributed by atoms with Gasteiger partial charge < -0.3 is 4.57 Å². The van der Waals surface area contributed by atoms with E-state index in [-0.39, 0.29) is 5.41 Å². The lowest BCUT2D eigenvalue weighted by atomic mass is 9.81. The van der Waals surface area contributed by atoms with Crippen molar-refractivity contribution in [1.82, 2.24) is 9.55 Å². The van der Waals surface area contributed by atoms with Crippen molar-refractivity contribution in [3.8, 4) is 39.1 Å². The molecule has 262 valence electrons. The summed E-state index contributed by atoms with van der Waals surface area (Å²) in [6, 6.07) is 67.1. The van der Waals surface area contributed by atoms with Crippen LogP contribution in [0.2, 0.25) is 0 Å². The molecule has 0 atom stereocenters. The van der Waals surface area contributed by atoms with E-state index in [2.05, 4.69) is 200 Å². The molecule has 0 unspecified atom stereocenters. The van der Waals surface area contributed by atoms with Crippen LogP contribution >= 0.6 is 0 Å². The smallest absolute Gasteiger partial charge is 0.0715 e. The molecule has 12 rings (SSSR count). The number of nitrogens with zero attached hydrogens (tertiary/aromatic N) is 2. The van der Waals surface area contributed by atoms with Crippen molar-refractivity contribution in [2.24, 2.45) is 0 Å². The summed E-state index contributed by atoms with van der Waals surface area (Å²) in [5, 5.41) is 9.98. The summed E-state index contributed by atoms with van der Waals surface area (Å²) in [5.74, 6) is 0. The van der Waals surface area contributed by atoms with Gasteiger partial charge in [0, 0.05) is 38.2 Å². The first-order chi connectivity index (χ1) is 27.5. The second-order valence-electron chi connectivity index (χ2n) is 15.9. The maximum absolute atomic E-state index is 5.04. The minimum Gasteiger partial charge on any atom is -0.309 e. The lowest BCUT2D eigenvalue weighted by Crippen LogP contribution is -2.16. The fraction of sp³-hybridized carbons (Fsp3) is 0.0556. The van der Waals surface area contributed by atoms with Crippen molar-refractivity contribution in [2.75, 3.05) is 0 Å². The van der Waals surface area contributed by atoms with Gasteiger partial charge in [0.1, 0.15) is 0 Å². The number of hydrogen-bond donors (Lipinski definition) is 0. The molecule has 0 saturated heterocycles. The molecule has 2 heteroatoms. The van der Waals surface area contributed by atoms with Gasteiger partial charge >= 0.3 is 0 Å². The Kier molecular flexibility index (Phi) is 6.43. The zero-order valence-corrected chi connectivity index (χ0v) is 31.2. The SMILES string of the molecule is CC1(C)c2ccc(-c3c4ccccc4nc4ccccc34)cc2-c2ccc3c4cc(-c5c6ccccc6cc6ccccc56)ccc4n(-c4ccccc4)c3c21. The molecule has 0 aliphatic heterocycles. The summed E-state index contributed by atoms with van der Waals surface area (Å²) in [6.45, 7) is 4.82. The van der Waals surface area contributed by atoms with E-state index in [1.807, 2.05) is 0 Å². The van der Waals surface area contributed by atoms with E-state index >= 15 is 0 Å². The van der Waals surface area contributed by atoms with E-state index in [0.29, 0.717) is 0 Å². The van der Waals surface area contributed by atoms with E-state index in [0.717, 1.165) is 11.0 Å². The lowest BCUT2D eigenvalue weighted by molar-refractivity contribution is 0.664. The molecule has 2 heterocycles. The van der Waals surface area contributed by atoms with Crippen LogP contribution in [-0.2, 0) is 5.41 Å². The minimum atomic E-state index is -0.235. The highest BCUT2D eigenvalue weighted by Gasteiger charge is 2.39. The Balaban J connectivity index is 1.15. The van der Waals surface area contributed by atoms with Gasteiger partial charge in [-0.2, -0.15) is 0 Å². The largest absolute Gasteiger partial charge is 0.309 e. The average Bonchev–Trinajstić information content (AvgIpc) is 3.69. The Morgan fingerprint density at radius 2 is 1.00 bits per heavy atom. The van der Waals surface area contributed by atoms with Gasteiger partial charge in [-0.15, -0.1) is 0 Å². The summed E-state index contributed by atoms with van der Waals surface area (Å²) >= 11 is 0. The maximum atomic E-state index is 5.04. The molecule has 0 spiro atoms. The molecule has 0 N–H and O–H groups in total. The van der Waals surface area contributed by atoms with Crippen molar-refractivity contribution >= 4 is 65.2 Å². The molecule has 1 aliphatic rings. The molecular weight excluding hydrogens is 677 g/mol. The van der Waals surface area contributed by atoms with Crippen molar-refractivity contribution in [1.29, 1.82) is 0 Å². The van der Waals surface area contributed by atoms with Gasteiger partial charge in [0.25, 0.3) is 0 Å². The van der Waals surface area contributed by atoms with Crippen LogP contribution in [0.25, 0.3) is 104 Å². The number of aromatic nitrogens is 2. The van der Waals surface area contributed by atoms with Gasteiger partial charge in [-0.25, -0.2) is 4.98 Å². The molecule has 0 radical (unpaired) electrons. The van der Waals surface area contributed by atoms with Crippen molar-refractivity contribution in [2.45, 2.75) is 19.3 Å². The average molecular weight is 713 g/mol. The number of pyridine rings is 1. The summed E-state index contributed by atoms with van der Waals surface area (Å²) in [4.78, 5) is 5.04. The predicted octanol–water partition coefficient (Wildman–Crippen LogP) is 14.4. The Bertz CT molecular complexity index is 3330. The molecule has 0 amide bonds. The third kappa shape index (κ3) is 4.30. The minimum absolute atomic E-state index is 0.235. The van der Waals surface area contributed by atoms with E-state index in [4.69, 9.17) is 4.98 Å². The highest BCUT2D eigenvalue weighted by Crippen LogP contribution is 2.54. The van der Waals surface area contributed by atoms with E-state index in [9.17, 15) is 0 Å². The Labute approximate surface area is 324 Å². The standard InChI is InChI=1S/C54H36N2/c1-54(2)46-28-24-35(51-42-20-10-12-22-47(42)55-48-23-13-11-21-43(48)51)31-44(46)40-26-27-41-45-32-36(25-29-49(45)56(53(41)52(40)54)37-16-4-3-5-17-37)50-38-18-8-6-14-33(38)30-34-15-7-9-19-39(34)50/h3-32H,1-2H3. The molecule has 0 bridgehead atoms. The van der Waals surface area contributed by atoms with Crippen LogP contribution in [0.15, 0.2) is 182 Å². The molecule has 0 saturated carbocycles. The molecule has 9 aromatic carbocycles. The van der Waals surface area contributed by atoms with E-state index < -0.39 is 0 Å². The van der Waals surface area contributed by atoms with Crippen LogP contribution in [0.5, 0.6) is 0 Å². The molecule has 1 aliphatic carbocycles. The number of fused-ring (bicyclic) bond motifs is 11. The van der Waals surface area contributed by atoms with E-state index in [1.165, 1.54) is 104 Å². The molecular formula is C54H36N2. The number of para-hydroxylation sites is 3. The first-order valence-corrected chi connectivity index (χ1v) is 19.6. The lowest BCUT2D eigenvalue weighted by Gasteiger charge is -2.24. The van der Waals surface area contributed by atoms with E-state index in [1.54, 1.807) is 0 Å². The zero-order chi connectivity index (χ0) is 37.1. The number of rotatable bonds is 3. The van der Waals surface area contributed by atoms with Gasteiger partial charge in [0.05, 0.1) is 22.1 Å². The fourth-order valence-electron chi connectivity index (χ4n) is 10.0. The molecule has 0 fully saturated rings. The van der Waals surface area contributed by atoms with Crippen LogP contribution in [0.4, 0.5) is 0 Å². The summed E-state index contributed by atoms with van der Waals surface area (Å²) in [7, 11) is 0. The Morgan fingerprint density at radius 3 is 1.70 bits per heavy atom. The van der Waals surface area contributed by atoms with Gasteiger partial charge in [0.15, 0.2) is 0 Å². The topological polar surface area (TPSA) is 17.8 Å². The monoisotopic (exact) mass is 712 g/mol. The number of hydrogen-bond acceptors (Lipinski definition) is 1. The highest BCUT2D eigenvalue weighted by molar-refractivity contribution is 6.18. The normalized spacial score (nSPS) is 13.3. The third-order valence-corrected chi connectivity index (χ3v) is 12.5. The Hall–Kier alpha value is -7.03. The van der Waals surface area contributed by atoms with Gasteiger partial charge in [-0.3, -0.25) is 0 Å². The number of benzene rings is 9. The summed E-state index contributed by atoms with van der Waals surface area (Å²) in [6.07, 6.45) is 0. The van der Waals surface area contributed by atoms with Gasteiger partial charge in [-0.1, -0.05) is 147 Å². The second kappa shape index (κ2) is 11.5. The molecule has 11 aromatic rings. The van der Waals surface area contributed by atoms with Crippen LogP contribution < -0.4 is 0 Å². The summed E-state index contributed by atoms with van der Waals surface area (Å²) < 4.78 is 2.52. The second-order valence-corrected chi connectivity index (χ2v) is 15.9. The maximum Gasteiger partial charge on any atom is 0.0715 e. The van der Waals surface area contributed by atoms with Crippen molar-refractivity contribution in [3.63, 3.8) is 0 Å². The van der Waals surface area contributed by atoms with Gasteiger partial charge in [-0.05, 0) is 109 Å². The molecule has 2 nitrogen and oxygen atoms in total. The predicted molar refractivity (Wildman–Crippen MR) is 237 cm³/mol. The Morgan fingerprint density at radius 1 is 0.429 bits per heavy atom. The van der Waals surface area contributed by atoms with Crippen LogP contribution in [0.1, 0.15) is 25.0 Å². The molecule has 56 heavy (non-hydrogen) atoms. The van der Waals surface area contributed by atoms with Crippen LogP contribution in [-0.4, -0.2) is 9.55 Å². The van der Waals surface area contributed by atoms with Crippen LogP contribution in [0.3, 0.4) is 0 Å². The third-order valence-electron chi connectivity index (χ3n) is 12.5. The highest BCUT2D eigenvalue weighted by atomic mass is 15.0. The van der Waals surface area contributed by atoms with Crippen molar-refractivity contribution in [3.05, 3.63) is 193 Å². The van der Waals surface area contributed by atoms with Crippen LogP contribution in [0, 0.1) is 0 Å². The van der Waals surface area contributed by atoms with Gasteiger partial charge in [0.2, 0.25) is 0 Å². The fourth-order valence-corrected chi connectivity index (χ4v) is 10.0. The summed E-state index contributed by atoms with van der Waals surface area (Å²) in [5.41, 5.74) is 15.8. The first kappa shape index (κ1) is 31.3.